The third kappa shape index (κ3) is 10.2. The monoisotopic (exact) mass is 888 g/mol. The van der Waals surface area contributed by atoms with Crippen LogP contribution in [0.2, 0.25) is 0 Å². The van der Waals surface area contributed by atoms with Crippen LogP contribution in [0.15, 0.2) is 114 Å². The Bertz CT molecular complexity index is 2290. The number of hydrogen-bond acceptors (Lipinski definition) is 1. The molecule has 0 amide bonds. The zero-order chi connectivity index (χ0) is 44.7. The second-order valence-electron chi connectivity index (χ2n) is 21.9. The Kier molecular flexibility index (Phi) is 13.8. The summed E-state index contributed by atoms with van der Waals surface area (Å²) in [6.45, 7) is 31.4. The topological polar surface area (TPSA) is 20.2 Å². The van der Waals surface area contributed by atoms with E-state index in [1.165, 1.54) is 62.9 Å². The van der Waals surface area contributed by atoms with Crippen LogP contribution in [-0.2, 0) is 42.9 Å². The first-order chi connectivity index (χ1) is 28.5. The first-order valence-electron chi connectivity index (χ1n) is 23.0. The molecule has 2 aliphatic rings. The van der Waals surface area contributed by atoms with E-state index in [9.17, 15) is 5.11 Å². The van der Waals surface area contributed by atoms with Gasteiger partial charge in [-0.1, -0.05) is 53.7 Å². The second kappa shape index (κ2) is 18.1. The average molecular weight is 890 g/mol. The summed E-state index contributed by atoms with van der Waals surface area (Å²) >= 11 is -2.41. The number of allylic oxidation sites excluding steroid dienone is 2. The van der Waals surface area contributed by atoms with Crippen LogP contribution in [0.3, 0.4) is 0 Å². The van der Waals surface area contributed by atoms with Crippen molar-refractivity contribution < 1.29 is 26.4 Å². The molecule has 2 unspecified atom stereocenters. The van der Waals surface area contributed by atoms with Gasteiger partial charge < -0.3 is 5.11 Å². The summed E-state index contributed by atoms with van der Waals surface area (Å²) in [5, 5.41) is 9.84. The summed E-state index contributed by atoms with van der Waals surface area (Å²) in [4.78, 5) is 0. The molecule has 1 nitrogen and oxygen atoms in total. The Hall–Kier alpha value is -3.87. The van der Waals surface area contributed by atoms with Crippen LogP contribution in [0.4, 0.5) is 0 Å². The van der Waals surface area contributed by atoms with Gasteiger partial charge in [0.1, 0.15) is 5.75 Å². The van der Waals surface area contributed by atoms with Gasteiger partial charge in [-0.25, -0.2) is 0 Å². The normalized spacial score (nSPS) is 16.3. The van der Waals surface area contributed by atoms with E-state index in [0.29, 0.717) is 13.0 Å². The Morgan fingerprint density at radius 2 is 0.869 bits per heavy atom. The van der Waals surface area contributed by atoms with Crippen molar-refractivity contribution in [3.8, 4) is 28.0 Å². The number of hydrogen-bond donors (Lipinski definition) is 1. The molecule has 0 saturated carbocycles. The van der Waals surface area contributed by atoms with Crippen molar-refractivity contribution in [2.24, 2.45) is 0 Å². The molecular weight excluding hydrogens is 816 g/mol. The molecule has 0 aromatic heterocycles. The van der Waals surface area contributed by atoms with Crippen LogP contribution in [0.25, 0.3) is 34.4 Å². The number of fused-ring (bicyclic) bond motifs is 2. The van der Waals surface area contributed by atoms with E-state index in [1.807, 2.05) is 6.07 Å². The van der Waals surface area contributed by atoms with E-state index in [2.05, 4.69) is 200 Å². The average Bonchev–Trinajstić information content (AvgIpc) is 3.75. The maximum atomic E-state index is 9.84. The van der Waals surface area contributed by atoms with Gasteiger partial charge in [0.05, 0.1) is 0 Å². The summed E-state index contributed by atoms with van der Waals surface area (Å²) in [5.74, 6) is 0.399. The molecular formula is C59H74OZr. The molecule has 5 aromatic carbocycles. The van der Waals surface area contributed by atoms with Crippen LogP contribution in [0.5, 0.6) is 5.75 Å². The molecule has 61 heavy (non-hydrogen) atoms. The van der Waals surface area contributed by atoms with Gasteiger partial charge >= 0.3 is 288 Å². The van der Waals surface area contributed by atoms with Crippen molar-refractivity contribution in [2.45, 2.75) is 152 Å². The molecule has 2 atom stereocenters. The van der Waals surface area contributed by atoms with Gasteiger partial charge in [0.15, 0.2) is 0 Å². The minimum absolute atomic E-state index is 0.00859. The fourth-order valence-corrected chi connectivity index (χ4v) is 16.9. The number of phenols is 1. The van der Waals surface area contributed by atoms with E-state index in [4.69, 9.17) is 4.21 Å². The summed E-state index contributed by atoms with van der Waals surface area (Å²) in [6, 6.07) is 38.7. The predicted molar refractivity (Wildman–Crippen MR) is 265 cm³/mol. The van der Waals surface area contributed by atoms with E-state index < -0.39 is 21.3 Å². The molecule has 0 bridgehead atoms. The fourth-order valence-electron chi connectivity index (χ4n) is 9.39. The van der Waals surface area contributed by atoms with Gasteiger partial charge in [-0.2, -0.15) is 0 Å². The SMILES string of the molecule is CC(C)(C)c1ccc(O)c(C(C)(C)C)c1.[CH2]=[Zr]([CH]1C(CCC)=Cc2c(-c3ccc(C(C)(C)C)cc3)cccc21)[CH]1C(CCC)=Cc2c(-c3ccc(C(C)(C)C)cc3)cccc21. The van der Waals surface area contributed by atoms with Crippen molar-refractivity contribution in [3.05, 3.63) is 159 Å². The molecule has 0 radical (unpaired) electrons. The molecule has 0 aliphatic heterocycles. The Morgan fingerprint density at radius 1 is 0.492 bits per heavy atom. The van der Waals surface area contributed by atoms with E-state index in [1.54, 1.807) is 28.3 Å². The van der Waals surface area contributed by atoms with Gasteiger partial charge in [-0.15, -0.1) is 0 Å². The van der Waals surface area contributed by atoms with Crippen molar-refractivity contribution in [1.82, 2.24) is 0 Å². The van der Waals surface area contributed by atoms with Gasteiger partial charge in [-0.3, -0.25) is 0 Å². The maximum absolute atomic E-state index is 9.84. The van der Waals surface area contributed by atoms with Crippen LogP contribution >= 0.6 is 0 Å². The van der Waals surface area contributed by atoms with E-state index in [0.717, 1.165) is 18.4 Å². The Morgan fingerprint density at radius 3 is 1.21 bits per heavy atom. The molecule has 0 heterocycles. The number of aromatic hydroxyl groups is 1. The first-order valence-corrected chi connectivity index (χ1v) is 27.5. The van der Waals surface area contributed by atoms with E-state index in [-0.39, 0.29) is 21.7 Å². The predicted octanol–water partition coefficient (Wildman–Crippen LogP) is 16.8. The Balaban J connectivity index is 0.000000351. The third-order valence-corrected chi connectivity index (χ3v) is 19.9. The number of rotatable bonds is 8. The summed E-state index contributed by atoms with van der Waals surface area (Å²) in [5.41, 5.74) is 20.2. The van der Waals surface area contributed by atoms with Crippen molar-refractivity contribution in [1.29, 1.82) is 0 Å². The fraction of sp³-hybridized carbons (Fsp3) is 0.407. The van der Waals surface area contributed by atoms with Crippen molar-refractivity contribution in [2.75, 3.05) is 0 Å². The van der Waals surface area contributed by atoms with Gasteiger partial charge in [-0.05, 0) is 28.0 Å². The molecule has 2 heteroatoms. The van der Waals surface area contributed by atoms with Crippen LogP contribution in [0.1, 0.15) is 174 Å². The zero-order valence-electron chi connectivity index (χ0n) is 40.1. The molecule has 0 spiro atoms. The minimum atomic E-state index is -2.41. The summed E-state index contributed by atoms with van der Waals surface area (Å²) in [7, 11) is 0. The van der Waals surface area contributed by atoms with Crippen molar-refractivity contribution in [3.63, 3.8) is 0 Å². The molecule has 0 fully saturated rings. The van der Waals surface area contributed by atoms with Gasteiger partial charge in [0, 0.05) is 0 Å². The van der Waals surface area contributed by atoms with E-state index >= 15 is 0 Å². The van der Waals surface area contributed by atoms with Crippen LogP contribution in [-0.4, -0.2) is 9.32 Å². The molecule has 1 N–H and O–H groups in total. The summed E-state index contributed by atoms with van der Waals surface area (Å²) in [6.07, 6.45) is 9.83. The van der Waals surface area contributed by atoms with Gasteiger partial charge in [0.25, 0.3) is 0 Å². The van der Waals surface area contributed by atoms with Crippen molar-refractivity contribution >= 4 is 16.4 Å². The van der Waals surface area contributed by atoms with Crippen LogP contribution in [0, 0.1) is 0 Å². The molecule has 7 rings (SSSR count). The molecule has 0 saturated heterocycles. The summed E-state index contributed by atoms with van der Waals surface area (Å²) < 4.78 is 6.28. The number of phenolic OH excluding ortho intramolecular Hbond substituents is 1. The second-order valence-corrected chi connectivity index (χ2v) is 27.5. The third-order valence-electron chi connectivity index (χ3n) is 12.9. The zero-order valence-corrected chi connectivity index (χ0v) is 42.6. The van der Waals surface area contributed by atoms with Crippen LogP contribution < -0.4 is 0 Å². The number of benzene rings is 5. The Labute approximate surface area is 378 Å². The quantitative estimate of drug-likeness (QED) is 0.165. The first kappa shape index (κ1) is 46.6. The standard InChI is InChI=1S/2C22H25.C14H22O.CH2.Zr/c2*1-5-7-16-14-18-8-6-9-20(21(18)15-16)17-10-12-19(13-11-17)22(2,3)4;1-13(2,3)10-7-8-12(15)11(9-10)14(4,5)6;;/h2*6,8-15H,5,7H2,1-4H3;7-9,15H,1-6H3;1H2;. The molecule has 5 aromatic rings. The molecule has 2 aliphatic carbocycles. The molecule has 320 valence electrons. The van der Waals surface area contributed by atoms with Gasteiger partial charge in [0.2, 0.25) is 0 Å².